The van der Waals surface area contributed by atoms with Gasteiger partial charge in [-0.1, -0.05) is 5.16 Å². The highest BCUT2D eigenvalue weighted by Crippen LogP contribution is 2.29. The molecule has 1 aliphatic heterocycles. The molecule has 1 fully saturated rings. The molecule has 19 heavy (non-hydrogen) atoms. The molecule has 0 unspecified atom stereocenters. The third-order valence-electron chi connectivity index (χ3n) is 3.15. The summed E-state index contributed by atoms with van der Waals surface area (Å²) in [5.74, 6) is 1.61. The first-order valence-electron chi connectivity index (χ1n) is 6.10. The van der Waals surface area contributed by atoms with E-state index in [4.69, 9.17) is 4.52 Å². The Morgan fingerprint density at radius 1 is 1.26 bits per heavy atom. The Labute approximate surface area is 127 Å². The van der Waals surface area contributed by atoms with Crippen molar-refractivity contribution in [3.63, 3.8) is 0 Å². The molecule has 5 nitrogen and oxygen atoms in total. The van der Waals surface area contributed by atoms with Gasteiger partial charge in [0.25, 0.3) is 0 Å². The van der Waals surface area contributed by atoms with Gasteiger partial charge in [-0.2, -0.15) is 4.98 Å². The molecule has 0 spiro atoms. The minimum atomic E-state index is 0.358. The van der Waals surface area contributed by atoms with Crippen molar-refractivity contribution in [1.82, 2.24) is 20.4 Å². The Morgan fingerprint density at radius 2 is 2.05 bits per heavy atom. The number of pyridine rings is 1. The van der Waals surface area contributed by atoms with Gasteiger partial charge in [-0.05, 0) is 63.9 Å². The maximum Gasteiger partial charge on any atom is 0.230 e. The van der Waals surface area contributed by atoms with Gasteiger partial charge in [-0.15, -0.1) is 0 Å². The molecule has 0 aliphatic carbocycles. The van der Waals surface area contributed by atoms with E-state index >= 15 is 0 Å². The lowest BCUT2D eigenvalue weighted by Gasteiger charge is -2.18. The van der Waals surface area contributed by atoms with Crippen LogP contribution in [0.4, 0.5) is 0 Å². The molecule has 0 atom stereocenters. The summed E-state index contributed by atoms with van der Waals surface area (Å²) in [5.41, 5.74) is 0.701. The monoisotopic (exact) mass is 386 g/mol. The summed E-state index contributed by atoms with van der Waals surface area (Å²) >= 11 is 6.84. The highest BCUT2D eigenvalue weighted by molar-refractivity contribution is 9.11. The largest absolute Gasteiger partial charge is 0.339 e. The molecule has 2 aromatic rings. The maximum atomic E-state index is 5.38. The smallest absolute Gasteiger partial charge is 0.230 e. The second kappa shape index (κ2) is 5.68. The summed E-state index contributed by atoms with van der Waals surface area (Å²) in [6, 6.07) is 1.92. The third-order valence-corrected chi connectivity index (χ3v) is 4.19. The molecule has 1 saturated heterocycles. The van der Waals surface area contributed by atoms with Gasteiger partial charge in [-0.25, -0.2) is 0 Å². The zero-order valence-corrected chi connectivity index (χ0v) is 13.2. The van der Waals surface area contributed by atoms with Crippen molar-refractivity contribution in [3.8, 4) is 11.5 Å². The number of aromatic nitrogens is 3. The van der Waals surface area contributed by atoms with Crippen molar-refractivity contribution in [2.45, 2.75) is 18.8 Å². The number of rotatable bonds is 2. The topological polar surface area (TPSA) is 63.8 Å². The average molecular weight is 388 g/mol. The summed E-state index contributed by atoms with van der Waals surface area (Å²) in [4.78, 5) is 8.80. The van der Waals surface area contributed by atoms with Gasteiger partial charge in [0.05, 0.1) is 0 Å². The normalized spacial score (nSPS) is 16.7. The molecule has 100 valence electrons. The summed E-state index contributed by atoms with van der Waals surface area (Å²) in [7, 11) is 0. The highest BCUT2D eigenvalue weighted by atomic mass is 79.9. The Morgan fingerprint density at radius 3 is 2.79 bits per heavy atom. The first kappa shape index (κ1) is 13.2. The van der Waals surface area contributed by atoms with Gasteiger partial charge in [0.15, 0.2) is 0 Å². The molecule has 0 saturated carbocycles. The van der Waals surface area contributed by atoms with Gasteiger partial charge in [0.1, 0.15) is 5.69 Å². The first-order chi connectivity index (χ1) is 9.24. The average Bonchev–Trinajstić information content (AvgIpc) is 2.89. The van der Waals surface area contributed by atoms with E-state index in [9.17, 15) is 0 Å². The predicted octanol–water partition coefficient (Wildman–Crippen LogP) is 3.12. The number of piperidine rings is 1. The fourth-order valence-electron chi connectivity index (χ4n) is 2.15. The second-order valence-electron chi connectivity index (χ2n) is 4.46. The number of hydrogen-bond acceptors (Lipinski definition) is 5. The van der Waals surface area contributed by atoms with Crippen molar-refractivity contribution in [3.05, 3.63) is 27.1 Å². The maximum absolute atomic E-state index is 5.38. The number of nitrogens with zero attached hydrogens (tertiary/aromatic N) is 3. The minimum Gasteiger partial charge on any atom is -0.339 e. The van der Waals surface area contributed by atoms with Crippen LogP contribution in [0.2, 0.25) is 0 Å². The zero-order chi connectivity index (χ0) is 13.2. The fraction of sp³-hybridized carbons (Fsp3) is 0.417. The van der Waals surface area contributed by atoms with Crippen LogP contribution in [0.5, 0.6) is 0 Å². The summed E-state index contributed by atoms with van der Waals surface area (Å²) in [5, 5.41) is 7.36. The second-order valence-corrected chi connectivity index (χ2v) is 6.23. The molecular formula is C12H12Br2N4O. The minimum absolute atomic E-state index is 0.358. The van der Waals surface area contributed by atoms with Gasteiger partial charge in [0, 0.05) is 21.1 Å². The zero-order valence-electron chi connectivity index (χ0n) is 10.1. The molecule has 0 radical (unpaired) electrons. The summed E-state index contributed by atoms with van der Waals surface area (Å²) in [6.07, 6.45) is 3.80. The van der Waals surface area contributed by atoms with Gasteiger partial charge in [-0.3, -0.25) is 4.98 Å². The summed E-state index contributed by atoms with van der Waals surface area (Å²) in [6.45, 7) is 2.01. The lowest BCUT2D eigenvalue weighted by molar-refractivity contribution is 0.320. The number of halogens is 2. The van der Waals surface area contributed by atoms with E-state index in [1.807, 2.05) is 6.07 Å². The molecule has 0 bridgehead atoms. The molecule has 3 rings (SSSR count). The van der Waals surface area contributed by atoms with Gasteiger partial charge in [0.2, 0.25) is 11.7 Å². The lowest BCUT2D eigenvalue weighted by Crippen LogP contribution is -2.26. The van der Waals surface area contributed by atoms with E-state index in [2.05, 4.69) is 52.3 Å². The van der Waals surface area contributed by atoms with Crippen LogP contribution >= 0.6 is 31.9 Å². The van der Waals surface area contributed by atoms with Crippen LogP contribution < -0.4 is 5.32 Å². The van der Waals surface area contributed by atoms with Gasteiger partial charge < -0.3 is 9.84 Å². The van der Waals surface area contributed by atoms with Crippen molar-refractivity contribution in [2.24, 2.45) is 0 Å². The molecular weight excluding hydrogens is 376 g/mol. The molecule has 3 heterocycles. The molecule has 0 aromatic carbocycles. The van der Waals surface area contributed by atoms with Crippen LogP contribution in [0.1, 0.15) is 24.7 Å². The van der Waals surface area contributed by atoms with Crippen molar-refractivity contribution < 1.29 is 4.52 Å². The van der Waals surface area contributed by atoms with Gasteiger partial charge >= 0.3 is 0 Å². The van der Waals surface area contributed by atoms with Crippen molar-refractivity contribution in [1.29, 1.82) is 0 Å². The van der Waals surface area contributed by atoms with Crippen LogP contribution in [0.3, 0.4) is 0 Å². The van der Waals surface area contributed by atoms with E-state index in [1.54, 1.807) is 6.20 Å². The Kier molecular flexibility index (Phi) is 3.95. The van der Waals surface area contributed by atoms with E-state index in [0.29, 0.717) is 23.3 Å². The van der Waals surface area contributed by atoms with Crippen LogP contribution in [-0.2, 0) is 0 Å². The quantitative estimate of drug-likeness (QED) is 0.857. The van der Waals surface area contributed by atoms with Crippen LogP contribution in [0.25, 0.3) is 11.5 Å². The first-order valence-corrected chi connectivity index (χ1v) is 7.68. The predicted molar refractivity (Wildman–Crippen MR) is 77.8 cm³/mol. The van der Waals surface area contributed by atoms with Crippen molar-refractivity contribution in [2.75, 3.05) is 13.1 Å². The highest BCUT2D eigenvalue weighted by Gasteiger charge is 2.22. The Balaban J connectivity index is 1.87. The molecule has 0 amide bonds. The van der Waals surface area contributed by atoms with E-state index < -0.39 is 0 Å². The van der Waals surface area contributed by atoms with Crippen LogP contribution in [0.15, 0.2) is 25.7 Å². The standard InChI is InChI=1S/C12H12Br2N4O/c13-8-5-9(14)10(16-6-8)11-17-12(19-18-11)7-1-3-15-4-2-7/h5-7,15H,1-4H2. The molecule has 2 aromatic heterocycles. The van der Waals surface area contributed by atoms with Crippen molar-refractivity contribution >= 4 is 31.9 Å². The lowest BCUT2D eigenvalue weighted by atomic mass is 9.98. The molecule has 1 aliphatic rings. The van der Waals surface area contributed by atoms with E-state index in [1.165, 1.54) is 0 Å². The number of nitrogens with one attached hydrogen (secondary N) is 1. The van der Waals surface area contributed by atoms with E-state index in [-0.39, 0.29) is 0 Å². The Bertz CT molecular complexity index is 581. The van der Waals surface area contributed by atoms with E-state index in [0.717, 1.165) is 34.9 Å². The van der Waals surface area contributed by atoms with Crippen LogP contribution in [-0.4, -0.2) is 28.2 Å². The molecule has 7 heteroatoms. The summed E-state index contributed by atoms with van der Waals surface area (Å²) < 4.78 is 7.14. The number of hydrogen-bond donors (Lipinski definition) is 1. The van der Waals surface area contributed by atoms with Crippen LogP contribution in [0, 0.1) is 0 Å². The SMILES string of the molecule is Brc1cnc(-c2noc(C3CCNCC3)n2)c(Br)c1. The fourth-order valence-corrected chi connectivity index (χ4v) is 3.31. The third kappa shape index (κ3) is 2.88. The molecule has 1 N–H and O–H groups in total. The Hall–Kier alpha value is -0.790.